The second-order valence-corrected chi connectivity index (χ2v) is 9.68. The van der Waals surface area contributed by atoms with E-state index in [9.17, 15) is 0 Å². The molecule has 10 heteroatoms. The number of fused-ring (bicyclic) bond motifs is 5. The summed E-state index contributed by atoms with van der Waals surface area (Å²) in [7, 11) is 0. The smallest absolute Gasteiger partial charge is 0.224 e. The molecule has 3 aliphatic rings. The second kappa shape index (κ2) is 4.23. The van der Waals surface area contributed by atoms with Gasteiger partial charge < -0.3 is 4.74 Å². The predicted octanol–water partition coefficient (Wildman–Crippen LogP) is 5.79. The Morgan fingerprint density at radius 3 is 1.84 bits per heavy atom. The summed E-state index contributed by atoms with van der Waals surface area (Å²) in [6.07, 6.45) is 0. The van der Waals surface area contributed by atoms with E-state index in [0.717, 1.165) is 0 Å². The number of alkyl halides is 7. The number of halogens is 9. The Balaban J connectivity index is 2.33. The van der Waals surface area contributed by atoms with Crippen LogP contribution in [0, 0.1) is 11.8 Å². The fraction of sp³-hybridized carbons (Fsp3) is 0.778. The van der Waals surface area contributed by atoms with Gasteiger partial charge in [0.2, 0.25) is 4.52 Å². The molecule has 2 aliphatic carbocycles. The van der Waals surface area contributed by atoms with E-state index in [0.29, 0.717) is 0 Å². The van der Waals surface area contributed by atoms with Gasteiger partial charge in [0.1, 0.15) is 15.3 Å². The molecule has 1 heterocycles. The molecule has 19 heavy (non-hydrogen) atoms. The SMILES string of the molecule is ClC1=C(Cl)[C@]2(Cl)[C@H]3[C@H](C(Cl)OC3(Cl)Cl)[C@@]1(Cl)C2(Cl)Cl. The van der Waals surface area contributed by atoms with Crippen molar-refractivity contribution in [1.29, 1.82) is 0 Å². The van der Waals surface area contributed by atoms with Crippen LogP contribution in [0.5, 0.6) is 0 Å². The average molecular weight is 446 g/mol. The molecule has 2 bridgehead atoms. The lowest BCUT2D eigenvalue weighted by atomic mass is 9.84. The van der Waals surface area contributed by atoms with Crippen molar-refractivity contribution < 1.29 is 4.74 Å². The third-order valence-corrected chi connectivity index (χ3v) is 9.19. The summed E-state index contributed by atoms with van der Waals surface area (Å²) in [4.78, 5) is -3.09. The normalized spacial score (nSPS) is 53.8. The summed E-state index contributed by atoms with van der Waals surface area (Å²) in [6.45, 7) is 0. The molecule has 0 amide bonds. The molecular formula is C9H3Cl9O. The number of hydrogen-bond acceptors (Lipinski definition) is 1. The van der Waals surface area contributed by atoms with Gasteiger partial charge in [0, 0.05) is 5.92 Å². The lowest BCUT2D eigenvalue weighted by molar-refractivity contribution is 0.0848. The minimum absolute atomic E-state index is 0.0112. The zero-order valence-electron chi connectivity index (χ0n) is 8.54. The van der Waals surface area contributed by atoms with Crippen LogP contribution in [0.15, 0.2) is 10.1 Å². The van der Waals surface area contributed by atoms with E-state index in [1.165, 1.54) is 0 Å². The molecule has 1 unspecified atom stereocenters. The van der Waals surface area contributed by atoms with Crippen LogP contribution in [0.4, 0.5) is 0 Å². The molecule has 0 N–H and O–H groups in total. The molecule has 2 fully saturated rings. The standard InChI is InChI=1S/C9H3Cl9O/c10-3-4(11)7(14)2-1(5(12)19-8(2,15)16)6(3,13)9(7,17)18/h1-2,5H/t1-,2-,5?,6+,7-/m1/s1. The molecule has 0 aromatic carbocycles. The molecular weight excluding hydrogens is 443 g/mol. The molecule has 1 aliphatic heterocycles. The number of hydrogen-bond donors (Lipinski definition) is 0. The van der Waals surface area contributed by atoms with Gasteiger partial charge in [-0.2, -0.15) is 0 Å². The third kappa shape index (κ3) is 1.50. The highest BCUT2D eigenvalue weighted by Crippen LogP contribution is 2.81. The maximum Gasteiger partial charge on any atom is 0.224 e. The van der Waals surface area contributed by atoms with Crippen LogP contribution < -0.4 is 0 Å². The molecule has 108 valence electrons. The van der Waals surface area contributed by atoms with E-state index in [-0.39, 0.29) is 10.1 Å². The van der Waals surface area contributed by atoms with E-state index < -0.39 is 36.0 Å². The lowest BCUT2D eigenvalue weighted by Crippen LogP contribution is -2.48. The van der Waals surface area contributed by atoms with Gasteiger partial charge in [-0.25, -0.2) is 0 Å². The van der Waals surface area contributed by atoms with Gasteiger partial charge in [0.15, 0.2) is 4.33 Å². The average Bonchev–Trinajstić information content (AvgIpc) is 2.64. The van der Waals surface area contributed by atoms with E-state index >= 15 is 0 Å². The van der Waals surface area contributed by atoms with Crippen molar-refractivity contribution in [3.8, 4) is 0 Å². The van der Waals surface area contributed by atoms with Crippen LogP contribution in [0.3, 0.4) is 0 Å². The fourth-order valence-corrected chi connectivity index (χ4v) is 7.67. The number of ether oxygens (including phenoxy) is 1. The molecule has 5 atom stereocenters. The van der Waals surface area contributed by atoms with E-state index in [1.807, 2.05) is 0 Å². The number of allylic oxidation sites excluding steroid dienone is 2. The molecule has 0 aromatic rings. The summed E-state index contributed by atoms with van der Waals surface area (Å²) >= 11 is 56.5. The zero-order chi connectivity index (χ0) is 14.6. The first-order chi connectivity index (χ1) is 8.44. The Hall–Kier alpha value is 2.31. The Bertz CT molecular complexity index is 502. The van der Waals surface area contributed by atoms with Crippen molar-refractivity contribution in [2.24, 2.45) is 11.8 Å². The minimum atomic E-state index is -1.72. The first kappa shape index (κ1) is 16.2. The van der Waals surface area contributed by atoms with Crippen LogP contribution in [0.25, 0.3) is 0 Å². The van der Waals surface area contributed by atoms with Crippen LogP contribution in [0.2, 0.25) is 0 Å². The van der Waals surface area contributed by atoms with Crippen LogP contribution in [0.1, 0.15) is 0 Å². The van der Waals surface area contributed by atoms with Gasteiger partial charge in [0.25, 0.3) is 0 Å². The molecule has 0 aromatic heterocycles. The third-order valence-electron chi connectivity index (χ3n) is 3.91. The van der Waals surface area contributed by atoms with Gasteiger partial charge in [0.05, 0.1) is 16.0 Å². The van der Waals surface area contributed by atoms with Crippen molar-refractivity contribution in [1.82, 2.24) is 0 Å². The summed E-state index contributed by atoms with van der Waals surface area (Å²) in [5.41, 5.74) is -0.950. The highest BCUT2D eigenvalue weighted by Gasteiger charge is 2.88. The maximum absolute atomic E-state index is 6.54. The number of rotatable bonds is 0. The molecule has 1 saturated heterocycles. The Morgan fingerprint density at radius 1 is 0.842 bits per heavy atom. The minimum Gasteiger partial charge on any atom is -0.326 e. The van der Waals surface area contributed by atoms with Gasteiger partial charge in [-0.05, 0) is 0 Å². The molecule has 1 saturated carbocycles. The van der Waals surface area contributed by atoms with Gasteiger partial charge in [-0.1, -0.05) is 81.2 Å². The molecule has 0 radical (unpaired) electrons. The first-order valence-corrected chi connectivity index (χ1v) is 8.41. The Morgan fingerprint density at radius 2 is 1.32 bits per heavy atom. The van der Waals surface area contributed by atoms with Gasteiger partial charge >= 0.3 is 0 Å². The molecule has 1 nitrogen and oxygen atoms in total. The van der Waals surface area contributed by atoms with Crippen molar-refractivity contribution in [2.45, 2.75) is 24.2 Å². The van der Waals surface area contributed by atoms with Crippen molar-refractivity contribution in [3.05, 3.63) is 10.1 Å². The first-order valence-electron chi connectivity index (χ1n) is 4.95. The van der Waals surface area contributed by atoms with Crippen molar-refractivity contribution in [2.75, 3.05) is 0 Å². The summed E-state index contributed by atoms with van der Waals surface area (Å²) < 4.78 is 1.84. The van der Waals surface area contributed by atoms with Crippen molar-refractivity contribution in [3.63, 3.8) is 0 Å². The fourth-order valence-electron chi connectivity index (χ4n) is 3.09. The molecule has 0 spiro atoms. The summed E-state index contributed by atoms with van der Waals surface area (Å²) in [5, 5.41) is 0.0505. The van der Waals surface area contributed by atoms with Crippen LogP contribution in [-0.2, 0) is 4.74 Å². The maximum atomic E-state index is 6.54. The van der Waals surface area contributed by atoms with E-state index in [4.69, 9.17) is 109 Å². The monoisotopic (exact) mass is 442 g/mol. The summed E-state index contributed by atoms with van der Waals surface area (Å²) in [5.74, 6) is -1.50. The summed E-state index contributed by atoms with van der Waals surface area (Å²) in [6, 6.07) is 0. The van der Waals surface area contributed by atoms with Crippen molar-refractivity contribution >= 4 is 104 Å². The quantitative estimate of drug-likeness (QED) is 0.428. The highest BCUT2D eigenvalue weighted by molar-refractivity contribution is 6.66. The lowest BCUT2D eigenvalue weighted by Gasteiger charge is -2.36. The molecule has 3 rings (SSSR count). The highest BCUT2D eigenvalue weighted by atomic mass is 35.5. The Kier molecular flexibility index (Phi) is 3.60. The topological polar surface area (TPSA) is 9.23 Å². The van der Waals surface area contributed by atoms with Crippen LogP contribution in [-0.4, -0.2) is 24.2 Å². The zero-order valence-corrected chi connectivity index (χ0v) is 15.3. The van der Waals surface area contributed by atoms with Gasteiger partial charge in [-0.3, -0.25) is 0 Å². The van der Waals surface area contributed by atoms with Crippen LogP contribution >= 0.6 is 104 Å². The second-order valence-electron chi connectivity index (χ2n) is 4.66. The predicted molar refractivity (Wildman–Crippen MR) is 82.5 cm³/mol. The largest absolute Gasteiger partial charge is 0.326 e. The van der Waals surface area contributed by atoms with E-state index in [2.05, 4.69) is 0 Å². The van der Waals surface area contributed by atoms with E-state index in [1.54, 1.807) is 0 Å². The Labute approximate surface area is 154 Å². The van der Waals surface area contributed by atoms with Gasteiger partial charge in [-0.15, -0.1) is 23.2 Å².